The molecule has 2 nitrogen and oxygen atoms in total. The molecule has 0 aliphatic carbocycles. The Morgan fingerprint density at radius 2 is 2.00 bits per heavy atom. The molecule has 0 saturated carbocycles. The van der Waals surface area contributed by atoms with Crippen molar-refractivity contribution in [1.82, 2.24) is 4.90 Å². The fourth-order valence-corrected chi connectivity index (χ4v) is 2.18. The van der Waals surface area contributed by atoms with Gasteiger partial charge >= 0.3 is 0 Å². The smallest absolute Gasteiger partial charge is 0.0233 e. The molecule has 2 N–H and O–H groups in total. The summed E-state index contributed by atoms with van der Waals surface area (Å²) < 4.78 is 0. The normalized spacial score (nSPS) is 18.1. The van der Waals surface area contributed by atoms with Crippen molar-refractivity contribution in [2.45, 2.75) is 32.4 Å². The van der Waals surface area contributed by atoms with E-state index in [9.17, 15) is 0 Å². The number of likely N-dealkylation sites (tertiary alicyclic amines) is 1. The van der Waals surface area contributed by atoms with Gasteiger partial charge in [-0.15, -0.1) is 12.4 Å². The Labute approximate surface area is 104 Å². The van der Waals surface area contributed by atoms with Gasteiger partial charge in [-0.3, -0.25) is 4.90 Å². The second-order valence-electron chi connectivity index (χ2n) is 4.60. The van der Waals surface area contributed by atoms with Crippen molar-refractivity contribution >= 4 is 12.4 Å². The van der Waals surface area contributed by atoms with Gasteiger partial charge in [-0.1, -0.05) is 29.8 Å². The Kier molecular flexibility index (Phi) is 5.26. The maximum atomic E-state index is 5.89. The minimum atomic E-state index is 0. The first-order valence-corrected chi connectivity index (χ1v) is 5.77. The zero-order valence-electron chi connectivity index (χ0n) is 9.86. The van der Waals surface area contributed by atoms with E-state index in [1.807, 2.05) is 0 Å². The van der Waals surface area contributed by atoms with Crippen LogP contribution in [0.15, 0.2) is 24.3 Å². The molecule has 0 atom stereocenters. The van der Waals surface area contributed by atoms with Crippen molar-refractivity contribution in [3.05, 3.63) is 35.4 Å². The molecule has 0 amide bonds. The monoisotopic (exact) mass is 240 g/mol. The summed E-state index contributed by atoms with van der Waals surface area (Å²) in [5, 5.41) is 0. The van der Waals surface area contributed by atoms with E-state index in [-0.39, 0.29) is 12.4 Å². The van der Waals surface area contributed by atoms with Crippen LogP contribution < -0.4 is 5.73 Å². The summed E-state index contributed by atoms with van der Waals surface area (Å²) in [5.41, 5.74) is 8.66. The topological polar surface area (TPSA) is 29.3 Å². The first-order valence-electron chi connectivity index (χ1n) is 5.77. The van der Waals surface area contributed by atoms with Gasteiger partial charge in [-0.05, 0) is 38.4 Å². The second kappa shape index (κ2) is 6.24. The van der Waals surface area contributed by atoms with Crippen molar-refractivity contribution in [3.8, 4) is 0 Å². The number of benzene rings is 1. The Morgan fingerprint density at radius 3 is 2.62 bits per heavy atom. The summed E-state index contributed by atoms with van der Waals surface area (Å²) in [7, 11) is 0. The molecule has 0 radical (unpaired) electrons. The zero-order valence-corrected chi connectivity index (χ0v) is 10.7. The molecule has 1 saturated heterocycles. The van der Waals surface area contributed by atoms with Crippen LogP contribution in [-0.2, 0) is 6.54 Å². The van der Waals surface area contributed by atoms with Crippen molar-refractivity contribution in [2.75, 3.05) is 13.1 Å². The van der Waals surface area contributed by atoms with Crippen LogP contribution >= 0.6 is 12.4 Å². The third-order valence-corrected chi connectivity index (χ3v) is 3.12. The van der Waals surface area contributed by atoms with Crippen LogP contribution in [0, 0.1) is 6.92 Å². The molecule has 0 bridgehead atoms. The van der Waals surface area contributed by atoms with Gasteiger partial charge in [0.15, 0.2) is 0 Å². The summed E-state index contributed by atoms with van der Waals surface area (Å²) in [6, 6.07) is 9.20. The molecule has 0 aromatic heterocycles. The number of halogens is 1. The van der Waals surface area contributed by atoms with E-state index in [2.05, 4.69) is 36.1 Å². The second-order valence-corrected chi connectivity index (χ2v) is 4.60. The summed E-state index contributed by atoms with van der Waals surface area (Å²) in [6.07, 6.45) is 2.29. The maximum Gasteiger partial charge on any atom is 0.0233 e. The fraction of sp³-hybridized carbons (Fsp3) is 0.538. The lowest BCUT2D eigenvalue weighted by molar-refractivity contribution is 0.205. The van der Waals surface area contributed by atoms with E-state index in [4.69, 9.17) is 5.73 Å². The average molecular weight is 241 g/mol. The minimum Gasteiger partial charge on any atom is -0.328 e. The molecule has 1 aromatic rings. The van der Waals surface area contributed by atoms with Crippen LogP contribution in [0.2, 0.25) is 0 Å². The molecule has 1 fully saturated rings. The zero-order chi connectivity index (χ0) is 10.7. The van der Waals surface area contributed by atoms with Crippen molar-refractivity contribution in [3.63, 3.8) is 0 Å². The molecular weight excluding hydrogens is 220 g/mol. The van der Waals surface area contributed by atoms with Gasteiger partial charge in [0, 0.05) is 12.6 Å². The Hall–Kier alpha value is -0.570. The lowest BCUT2D eigenvalue weighted by Crippen LogP contribution is -2.39. The van der Waals surface area contributed by atoms with Crippen LogP contribution in [0.3, 0.4) is 0 Å². The highest BCUT2D eigenvalue weighted by atomic mass is 35.5. The SMILES string of the molecule is Cc1cccc(CN2CCC(N)CC2)c1.Cl. The number of hydrogen-bond donors (Lipinski definition) is 1. The standard InChI is InChI=1S/C13H20N2.ClH/c1-11-3-2-4-12(9-11)10-15-7-5-13(14)6-8-15;/h2-4,9,13H,5-8,10,14H2,1H3;1H. The van der Waals surface area contributed by atoms with Crippen molar-refractivity contribution in [1.29, 1.82) is 0 Å². The summed E-state index contributed by atoms with van der Waals surface area (Å²) >= 11 is 0. The predicted molar refractivity (Wildman–Crippen MR) is 70.9 cm³/mol. The summed E-state index contributed by atoms with van der Waals surface area (Å²) in [5.74, 6) is 0. The minimum absolute atomic E-state index is 0. The van der Waals surface area contributed by atoms with Crippen molar-refractivity contribution < 1.29 is 0 Å². The quantitative estimate of drug-likeness (QED) is 0.860. The molecule has 1 aromatic carbocycles. The van der Waals surface area contributed by atoms with Gasteiger partial charge in [0.1, 0.15) is 0 Å². The fourth-order valence-electron chi connectivity index (χ4n) is 2.18. The first-order chi connectivity index (χ1) is 7.24. The van der Waals surface area contributed by atoms with Crippen LogP contribution in [0.1, 0.15) is 24.0 Å². The highest BCUT2D eigenvalue weighted by Crippen LogP contribution is 2.13. The molecule has 1 heterocycles. The number of aryl methyl sites for hydroxylation is 1. The number of nitrogens with zero attached hydrogens (tertiary/aromatic N) is 1. The van der Waals surface area contributed by atoms with Crippen LogP contribution in [0.5, 0.6) is 0 Å². The molecule has 1 aliphatic heterocycles. The Morgan fingerprint density at radius 1 is 1.31 bits per heavy atom. The van der Waals surface area contributed by atoms with Gasteiger partial charge in [0.25, 0.3) is 0 Å². The number of nitrogens with two attached hydrogens (primary N) is 1. The molecular formula is C13H21ClN2. The molecule has 1 aliphatic rings. The molecule has 0 unspecified atom stereocenters. The van der Waals surface area contributed by atoms with E-state index < -0.39 is 0 Å². The average Bonchev–Trinajstić information content (AvgIpc) is 2.22. The third kappa shape index (κ3) is 3.78. The van der Waals surface area contributed by atoms with Gasteiger partial charge in [0.2, 0.25) is 0 Å². The number of rotatable bonds is 2. The van der Waals surface area contributed by atoms with Gasteiger partial charge in [-0.25, -0.2) is 0 Å². The Bertz CT molecular complexity index is 319. The van der Waals surface area contributed by atoms with E-state index in [1.54, 1.807) is 0 Å². The van der Waals surface area contributed by atoms with E-state index in [1.165, 1.54) is 11.1 Å². The molecule has 3 heteroatoms. The van der Waals surface area contributed by atoms with Crippen LogP contribution in [0.4, 0.5) is 0 Å². The predicted octanol–water partition coefficient (Wildman–Crippen LogP) is 2.34. The van der Waals surface area contributed by atoms with Gasteiger partial charge in [0.05, 0.1) is 0 Å². The number of piperidine rings is 1. The van der Waals surface area contributed by atoms with Crippen molar-refractivity contribution in [2.24, 2.45) is 5.73 Å². The Balaban J connectivity index is 0.00000128. The molecule has 90 valence electrons. The molecule has 0 spiro atoms. The first kappa shape index (κ1) is 13.5. The van der Waals surface area contributed by atoms with Crippen LogP contribution in [0.25, 0.3) is 0 Å². The molecule has 16 heavy (non-hydrogen) atoms. The summed E-state index contributed by atoms with van der Waals surface area (Å²) in [6.45, 7) is 5.52. The maximum absolute atomic E-state index is 5.89. The lowest BCUT2D eigenvalue weighted by atomic mass is 10.0. The summed E-state index contributed by atoms with van der Waals surface area (Å²) in [4.78, 5) is 2.50. The van der Waals surface area contributed by atoms with E-state index >= 15 is 0 Å². The van der Waals surface area contributed by atoms with E-state index in [0.29, 0.717) is 6.04 Å². The van der Waals surface area contributed by atoms with Gasteiger partial charge < -0.3 is 5.73 Å². The largest absolute Gasteiger partial charge is 0.328 e. The third-order valence-electron chi connectivity index (χ3n) is 3.12. The highest BCUT2D eigenvalue weighted by Gasteiger charge is 2.15. The highest BCUT2D eigenvalue weighted by molar-refractivity contribution is 5.85. The molecule has 2 rings (SSSR count). The van der Waals surface area contributed by atoms with Gasteiger partial charge in [-0.2, -0.15) is 0 Å². The number of hydrogen-bond acceptors (Lipinski definition) is 2. The lowest BCUT2D eigenvalue weighted by Gasteiger charge is -2.30. The van der Waals surface area contributed by atoms with Crippen LogP contribution in [-0.4, -0.2) is 24.0 Å². The van der Waals surface area contributed by atoms with E-state index in [0.717, 1.165) is 32.5 Å².